The summed E-state index contributed by atoms with van der Waals surface area (Å²) in [5, 5.41) is 0. The molecule has 0 saturated carbocycles. The summed E-state index contributed by atoms with van der Waals surface area (Å²) in [5.74, 6) is 0. The zero-order valence-corrected chi connectivity index (χ0v) is 6.15. The SMILES string of the molecule is [Co+2].[P-3].[P-3].[Ru+4]. The van der Waals surface area contributed by atoms with Crippen LogP contribution in [-0.2, 0) is 36.3 Å². The second kappa shape index (κ2) is 20.1. The van der Waals surface area contributed by atoms with Crippen molar-refractivity contribution in [2.75, 3.05) is 0 Å². The summed E-state index contributed by atoms with van der Waals surface area (Å²) in [5.41, 5.74) is 0. The van der Waals surface area contributed by atoms with Gasteiger partial charge in [-0.05, 0) is 0 Å². The van der Waals surface area contributed by atoms with Crippen molar-refractivity contribution in [3.8, 4) is 0 Å². The van der Waals surface area contributed by atoms with E-state index in [4.69, 9.17) is 0 Å². The smallest absolute Gasteiger partial charge is 3.00 e. The van der Waals surface area contributed by atoms with Gasteiger partial charge in [0.2, 0.25) is 0 Å². The third-order valence-corrected chi connectivity index (χ3v) is 0. The van der Waals surface area contributed by atoms with Crippen molar-refractivity contribution in [2.24, 2.45) is 0 Å². The van der Waals surface area contributed by atoms with Crippen LogP contribution in [0.3, 0.4) is 0 Å². The summed E-state index contributed by atoms with van der Waals surface area (Å²) in [6.07, 6.45) is 0. The van der Waals surface area contributed by atoms with Crippen LogP contribution in [0.1, 0.15) is 0 Å². The van der Waals surface area contributed by atoms with E-state index < -0.39 is 0 Å². The number of rotatable bonds is 0. The molecule has 0 aliphatic carbocycles. The van der Waals surface area contributed by atoms with Crippen LogP contribution in [0.2, 0.25) is 0 Å². The Kier molecular flexibility index (Phi) is 189. The molecule has 1 radical (unpaired) electrons. The quantitative estimate of drug-likeness (QED) is 0.432. The fourth-order valence-corrected chi connectivity index (χ4v) is 0. The van der Waals surface area contributed by atoms with Gasteiger partial charge in [0, 0.05) is 0 Å². The van der Waals surface area contributed by atoms with Gasteiger partial charge in [-0.15, -0.1) is 0 Å². The Morgan fingerprint density at radius 1 is 0.750 bits per heavy atom. The van der Waals surface area contributed by atoms with E-state index in [9.17, 15) is 0 Å². The van der Waals surface area contributed by atoms with Gasteiger partial charge in [0.1, 0.15) is 0 Å². The molecule has 0 aliphatic rings. The summed E-state index contributed by atoms with van der Waals surface area (Å²) in [6, 6.07) is 0. The summed E-state index contributed by atoms with van der Waals surface area (Å²) in [6.45, 7) is 0. The van der Waals surface area contributed by atoms with Gasteiger partial charge in [0.15, 0.2) is 0 Å². The van der Waals surface area contributed by atoms with E-state index in [1.807, 2.05) is 0 Å². The van der Waals surface area contributed by atoms with E-state index >= 15 is 0 Å². The summed E-state index contributed by atoms with van der Waals surface area (Å²) in [7, 11) is 0. The molecule has 0 N–H and O–H groups in total. The van der Waals surface area contributed by atoms with Gasteiger partial charge < -0.3 is 19.8 Å². The molecule has 0 heterocycles. The minimum absolute atomic E-state index is 0. The van der Waals surface area contributed by atoms with E-state index in [1.165, 1.54) is 0 Å². The minimum Gasteiger partial charge on any atom is -3.00 e. The largest absolute Gasteiger partial charge is 4.00 e. The monoisotopic (exact) mass is 223 g/mol. The number of hydrogen-bond donors (Lipinski definition) is 0. The topological polar surface area (TPSA) is 0 Å². The second-order valence-corrected chi connectivity index (χ2v) is 0. The van der Waals surface area contributed by atoms with Gasteiger partial charge in [-0.25, -0.2) is 0 Å². The van der Waals surface area contributed by atoms with Crippen LogP contribution in [0.15, 0.2) is 0 Å². The van der Waals surface area contributed by atoms with Crippen LogP contribution in [0.4, 0.5) is 0 Å². The Bertz CT molecular complexity index is 6.00. The van der Waals surface area contributed by atoms with E-state index in [2.05, 4.69) is 0 Å². The van der Waals surface area contributed by atoms with Crippen LogP contribution in [0.25, 0.3) is 0 Å². The average Bonchev–Trinajstić information content (AvgIpc) is 0. The van der Waals surface area contributed by atoms with E-state index in [-0.39, 0.29) is 56.1 Å². The maximum atomic E-state index is 0. The molecule has 27 valence electrons. The van der Waals surface area contributed by atoms with Crippen molar-refractivity contribution in [3.63, 3.8) is 0 Å². The third-order valence-electron chi connectivity index (χ3n) is 0. The average molecular weight is 222 g/mol. The second-order valence-electron chi connectivity index (χ2n) is 0. The molecule has 0 saturated heterocycles. The fraction of sp³-hybridized carbons (Fsp3) is 0. The molecule has 0 aliphatic heterocycles. The summed E-state index contributed by atoms with van der Waals surface area (Å²) in [4.78, 5) is 0. The first-order valence-electron chi connectivity index (χ1n) is 0. The minimum atomic E-state index is 0. The molecule has 4 heteroatoms. The molecule has 0 nitrogen and oxygen atoms in total. The van der Waals surface area contributed by atoms with Crippen LogP contribution < -0.4 is 0 Å². The van der Waals surface area contributed by atoms with E-state index in [1.54, 1.807) is 0 Å². The Morgan fingerprint density at radius 3 is 0.750 bits per heavy atom. The van der Waals surface area contributed by atoms with E-state index in [0.717, 1.165) is 0 Å². The fourth-order valence-electron chi connectivity index (χ4n) is 0. The summed E-state index contributed by atoms with van der Waals surface area (Å²) < 4.78 is 0. The molecule has 0 spiro atoms. The molecule has 0 bridgehead atoms. The molecule has 0 atom stereocenters. The van der Waals surface area contributed by atoms with Crippen molar-refractivity contribution >= 4 is 19.8 Å². The molecule has 0 aromatic rings. The molecule has 0 unspecified atom stereocenters. The molecule has 4 heavy (non-hydrogen) atoms. The third kappa shape index (κ3) is 9.01. The van der Waals surface area contributed by atoms with Crippen molar-refractivity contribution in [3.05, 3.63) is 0 Å². The normalized spacial score (nSPS) is 0. The van der Waals surface area contributed by atoms with Crippen LogP contribution in [0.5, 0.6) is 0 Å². The molecular formula is CoP2Ru. The van der Waals surface area contributed by atoms with Gasteiger partial charge in [0.05, 0.1) is 0 Å². The first kappa shape index (κ1) is 37.7. The molecule has 0 rings (SSSR count). The van der Waals surface area contributed by atoms with Gasteiger partial charge in [-0.3, -0.25) is 0 Å². The van der Waals surface area contributed by atoms with Gasteiger partial charge in [-0.1, -0.05) is 0 Å². The van der Waals surface area contributed by atoms with E-state index in [0.29, 0.717) is 0 Å². The molecular weight excluding hydrogens is 222 g/mol. The Morgan fingerprint density at radius 2 is 0.750 bits per heavy atom. The standard InChI is InChI=1S/Co.2P.Ru/q+2;2*-3;+4. The van der Waals surface area contributed by atoms with Crippen molar-refractivity contribution in [1.29, 1.82) is 0 Å². The maximum absolute atomic E-state index is 0. The predicted octanol–water partition coefficient (Wildman–Crippen LogP) is 1.72. The van der Waals surface area contributed by atoms with Crippen LogP contribution >= 0.6 is 19.8 Å². The predicted molar refractivity (Wildman–Crippen MR) is 13.8 cm³/mol. The molecule has 0 aromatic heterocycles. The Hall–Kier alpha value is 1.99. The zero-order valence-electron chi connectivity index (χ0n) is 1.58. The summed E-state index contributed by atoms with van der Waals surface area (Å²) >= 11 is 0. The van der Waals surface area contributed by atoms with Crippen molar-refractivity contribution in [1.82, 2.24) is 0 Å². The van der Waals surface area contributed by atoms with Crippen LogP contribution in [-0.4, -0.2) is 0 Å². The maximum Gasteiger partial charge on any atom is 4.00 e. The first-order valence-corrected chi connectivity index (χ1v) is 0. The van der Waals surface area contributed by atoms with Gasteiger partial charge in [0.25, 0.3) is 0 Å². The van der Waals surface area contributed by atoms with Gasteiger partial charge >= 0.3 is 36.3 Å². The Labute approximate surface area is 56.1 Å². The zero-order chi connectivity index (χ0) is 0. The molecule has 0 aromatic carbocycles. The number of hydrogen-bond acceptors (Lipinski definition) is 0. The molecule has 0 fully saturated rings. The van der Waals surface area contributed by atoms with Gasteiger partial charge in [-0.2, -0.15) is 0 Å². The Balaban J connectivity index is 0. The van der Waals surface area contributed by atoms with Crippen molar-refractivity contribution in [2.45, 2.75) is 0 Å². The molecule has 0 amide bonds. The van der Waals surface area contributed by atoms with Crippen LogP contribution in [0, 0.1) is 0 Å². The first-order chi connectivity index (χ1) is 0. The van der Waals surface area contributed by atoms with Crippen molar-refractivity contribution < 1.29 is 36.3 Å².